The molecule has 2 saturated heterocycles. The molecule has 90 valence electrons. The molecule has 16 heavy (non-hydrogen) atoms. The fraction of sp³-hybridized carbons (Fsp3) is 0.923. The summed E-state index contributed by atoms with van der Waals surface area (Å²) < 4.78 is 12.3. The fourth-order valence-corrected chi connectivity index (χ4v) is 3.69. The lowest BCUT2D eigenvalue weighted by Crippen LogP contribution is -2.49. The van der Waals surface area contributed by atoms with Gasteiger partial charge in [0, 0.05) is 12.8 Å². The Kier molecular flexibility index (Phi) is 2.55. The smallest absolute Gasteiger partial charge is 0.132 e. The van der Waals surface area contributed by atoms with Crippen molar-refractivity contribution in [2.24, 2.45) is 0 Å². The van der Waals surface area contributed by atoms with Crippen molar-refractivity contribution >= 4 is 5.78 Å². The van der Waals surface area contributed by atoms with E-state index in [-0.39, 0.29) is 17.5 Å². The van der Waals surface area contributed by atoms with Gasteiger partial charge in [0.15, 0.2) is 0 Å². The van der Waals surface area contributed by atoms with Crippen molar-refractivity contribution in [2.75, 3.05) is 0 Å². The van der Waals surface area contributed by atoms with Crippen LogP contribution in [0, 0.1) is 0 Å². The van der Waals surface area contributed by atoms with E-state index in [1.807, 2.05) is 0 Å². The monoisotopic (exact) mass is 224 g/mol. The van der Waals surface area contributed by atoms with Gasteiger partial charge < -0.3 is 9.47 Å². The fourth-order valence-electron chi connectivity index (χ4n) is 3.69. The zero-order chi connectivity index (χ0) is 11.2. The molecule has 0 aromatic rings. The Morgan fingerprint density at radius 2 is 2.25 bits per heavy atom. The number of carbonyl (C=O) groups is 1. The Balaban J connectivity index is 1.73. The number of ether oxygens (including phenoxy) is 2. The summed E-state index contributed by atoms with van der Waals surface area (Å²) in [6.07, 6.45) is 8.13. The lowest BCUT2D eigenvalue weighted by Gasteiger charge is -2.42. The number of fused-ring (bicyclic) bond motifs is 1. The van der Waals surface area contributed by atoms with Crippen LogP contribution in [0.1, 0.15) is 51.9 Å². The number of rotatable bonds is 2. The van der Waals surface area contributed by atoms with Gasteiger partial charge in [0.1, 0.15) is 5.78 Å². The Morgan fingerprint density at radius 1 is 1.38 bits per heavy atom. The molecule has 0 aromatic carbocycles. The number of ketones is 1. The van der Waals surface area contributed by atoms with Gasteiger partial charge in [-0.3, -0.25) is 4.79 Å². The van der Waals surface area contributed by atoms with E-state index in [2.05, 4.69) is 0 Å². The van der Waals surface area contributed by atoms with E-state index in [1.165, 1.54) is 12.8 Å². The molecule has 3 aliphatic rings. The van der Waals surface area contributed by atoms with Crippen LogP contribution in [-0.2, 0) is 14.3 Å². The normalized spacial score (nSPS) is 46.4. The van der Waals surface area contributed by atoms with Gasteiger partial charge >= 0.3 is 0 Å². The van der Waals surface area contributed by atoms with Crippen LogP contribution in [0.25, 0.3) is 0 Å². The lowest BCUT2D eigenvalue weighted by molar-refractivity contribution is -0.169. The molecule has 1 aliphatic carbocycles. The largest absolute Gasteiger partial charge is 0.372 e. The molecule has 3 heteroatoms. The molecule has 1 spiro atoms. The Labute approximate surface area is 96.5 Å². The van der Waals surface area contributed by atoms with Gasteiger partial charge in [-0.2, -0.15) is 0 Å². The van der Waals surface area contributed by atoms with Gasteiger partial charge in [0.25, 0.3) is 0 Å². The van der Waals surface area contributed by atoms with Gasteiger partial charge in [-0.1, -0.05) is 0 Å². The second-order valence-electron chi connectivity index (χ2n) is 5.63. The molecule has 1 saturated carbocycles. The number of carbonyl (C=O) groups excluding carboxylic acids is 1. The predicted octanol–water partition coefficient (Wildman–Crippen LogP) is 2.22. The van der Waals surface area contributed by atoms with Gasteiger partial charge in [-0.15, -0.1) is 0 Å². The van der Waals surface area contributed by atoms with Crippen molar-refractivity contribution in [3.05, 3.63) is 0 Å². The molecular weight excluding hydrogens is 204 g/mol. The van der Waals surface area contributed by atoms with Crippen LogP contribution < -0.4 is 0 Å². The summed E-state index contributed by atoms with van der Waals surface area (Å²) in [7, 11) is 0. The second-order valence-corrected chi connectivity index (χ2v) is 5.63. The minimum absolute atomic E-state index is 0.0265. The summed E-state index contributed by atoms with van der Waals surface area (Å²) in [6, 6.07) is 0. The zero-order valence-electron chi connectivity index (χ0n) is 9.91. The van der Waals surface area contributed by atoms with Crippen molar-refractivity contribution in [2.45, 2.75) is 75.8 Å². The van der Waals surface area contributed by atoms with Gasteiger partial charge in [0.2, 0.25) is 0 Å². The summed E-state index contributed by atoms with van der Waals surface area (Å²) >= 11 is 0. The van der Waals surface area contributed by atoms with Crippen molar-refractivity contribution in [3.8, 4) is 0 Å². The molecule has 3 fully saturated rings. The van der Waals surface area contributed by atoms with E-state index >= 15 is 0 Å². The maximum absolute atomic E-state index is 11.2. The van der Waals surface area contributed by atoms with Crippen LogP contribution in [0.5, 0.6) is 0 Å². The molecule has 2 bridgehead atoms. The maximum Gasteiger partial charge on any atom is 0.132 e. The quantitative estimate of drug-likeness (QED) is 0.721. The Morgan fingerprint density at radius 3 is 3.06 bits per heavy atom. The highest BCUT2D eigenvalue weighted by Crippen LogP contribution is 2.49. The van der Waals surface area contributed by atoms with Crippen LogP contribution in [0.3, 0.4) is 0 Å². The molecule has 2 heterocycles. The van der Waals surface area contributed by atoms with Gasteiger partial charge in [-0.25, -0.2) is 0 Å². The van der Waals surface area contributed by atoms with E-state index in [0.717, 1.165) is 25.7 Å². The summed E-state index contributed by atoms with van der Waals surface area (Å²) in [5, 5.41) is 0. The van der Waals surface area contributed by atoms with Gasteiger partial charge in [-0.05, 0) is 39.0 Å². The molecule has 0 aromatic heterocycles. The first-order chi connectivity index (χ1) is 7.68. The lowest BCUT2D eigenvalue weighted by atomic mass is 9.78. The third-order valence-corrected chi connectivity index (χ3v) is 4.31. The molecule has 2 aliphatic heterocycles. The summed E-state index contributed by atoms with van der Waals surface area (Å²) in [5.41, 5.74) is -0.0265. The van der Waals surface area contributed by atoms with Crippen LogP contribution in [-0.4, -0.2) is 29.7 Å². The van der Waals surface area contributed by atoms with Crippen molar-refractivity contribution < 1.29 is 14.3 Å². The highest BCUT2D eigenvalue weighted by atomic mass is 16.6. The maximum atomic E-state index is 11.2. The van der Waals surface area contributed by atoms with Crippen molar-refractivity contribution in [3.63, 3.8) is 0 Å². The van der Waals surface area contributed by atoms with E-state index in [0.29, 0.717) is 18.6 Å². The van der Waals surface area contributed by atoms with Crippen molar-refractivity contribution in [1.29, 1.82) is 0 Å². The molecular formula is C13H20O3. The molecule has 0 N–H and O–H groups in total. The average Bonchev–Trinajstić information content (AvgIpc) is 2.46. The number of hydrogen-bond donors (Lipinski definition) is 0. The van der Waals surface area contributed by atoms with Crippen LogP contribution in [0.15, 0.2) is 0 Å². The third-order valence-electron chi connectivity index (χ3n) is 4.31. The minimum Gasteiger partial charge on any atom is -0.372 e. The Bertz CT molecular complexity index is 302. The van der Waals surface area contributed by atoms with E-state index in [9.17, 15) is 4.79 Å². The molecule has 3 nitrogen and oxygen atoms in total. The first-order valence-electron chi connectivity index (χ1n) is 6.51. The number of hydrogen-bond acceptors (Lipinski definition) is 3. The highest BCUT2D eigenvalue weighted by molar-refractivity contribution is 5.76. The average molecular weight is 224 g/mol. The van der Waals surface area contributed by atoms with Crippen molar-refractivity contribution in [1.82, 2.24) is 0 Å². The van der Waals surface area contributed by atoms with Crippen LogP contribution >= 0.6 is 0 Å². The summed E-state index contributed by atoms with van der Waals surface area (Å²) in [6.45, 7) is 1.65. The predicted molar refractivity (Wildman–Crippen MR) is 59.3 cm³/mol. The molecule has 3 rings (SSSR count). The number of Topliss-reactive ketones (excluding diaryl/α,β-unsaturated/α-hetero) is 1. The summed E-state index contributed by atoms with van der Waals surface area (Å²) in [5.74, 6) is 0.242. The zero-order valence-corrected chi connectivity index (χ0v) is 9.91. The van der Waals surface area contributed by atoms with Crippen LogP contribution in [0.2, 0.25) is 0 Å². The highest BCUT2D eigenvalue weighted by Gasteiger charge is 2.54. The molecule has 0 radical (unpaired) electrons. The standard InChI is InChI=1S/C13H20O3/c1-9(14)7-10-4-5-12-13(16-10)6-2-3-11(8-13)15-12/h10-12H,2-8H2,1H3/t10-,11+,12+,13+/m1/s1. The van der Waals surface area contributed by atoms with E-state index in [4.69, 9.17) is 9.47 Å². The molecule has 0 unspecified atom stereocenters. The third kappa shape index (κ3) is 1.70. The van der Waals surface area contributed by atoms with Gasteiger partial charge in [0.05, 0.1) is 23.9 Å². The van der Waals surface area contributed by atoms with E-state index < -0.39 is 0 Å². The second kappa shape index (κ2) is 3.81. The molecule has 4 atom stereocenters. The molecule has 0 amide bonds. The first-order valence-corrected chi connectivity index (χ1v) is 6.51. The first kappa shape index (κ1) is 10.7. The minimum atomic E-state index is -0.0265. The summed E-state index contributed by atoms with van der Waals surface area (Å²) in [4.78, 5) is 11.2. The van der Waals surface area contributed by atoms with E-state index in [1.54, 1.807) is 6.92 Å². The Hall–Kier alpha value is -0.410. The topological polar surface area (TPSA) is 35.5 Å². The van der Waals surface area contributed by atoms with Crippen LogP contribution in [0.4, 0.5) is 0 Å². The SMILES string of the molecule is CC(=O)C[C@H]1CC[C@@H]2O[C@H]3CCC[C@@]2(C3)O1.